The Morgan fingerprint density at radius 2 is 2.44 bits per heavy atom. The van der Waals surface area contributed by atoms with Crippen LogP contribution in [0.25, 0.3) is 0 Å². The second-order valence-corrected chi connectivity index (χ2v) is 5.33. The van der Waals surface area contributed by atoms with Crippen LogP contribution >= 0.6 is 23.7 Å². The Hall–Kier alpha value is -0.160. The van der Waals surface area contributed by atoms with Gasteiger partial charge in [0.2, 0.25) is 0 Å². The van der Waals surface area contributed by atoms with Gasteiger partial charge in [-0.15, -0.1) is 23.7 Å². The highest BCUT2D eigenvalue weighted by Crippen LogP contribution is 2.24. The maximum Gasteiger partial charge on any atom is 0.0794 e. The zero-order valence-electron chi connectivity index (χ0n) is 9.63. The van der Waals surface area contributed by atoms with Crippen molar-refractivity contribution in [2.45, 2.75) is 32.4 Å². The lowest BCUT2D eigenvalue weighted by atomic mass is 9.91. The van der Waals surface area contributed by atoms with Gasteiger partial charge in [-0.1, -0.05) is 6.92 Å². The fourth-order valence-electron chi connectivity index (χ4n) is 2.43. The number of nitrogens with zero attached hydrogens (tertiary/aromatic N) is 2. The van der Waals surface area contributed by atoms with E-state index in [4.69, 9.17) is 5.73 Å². The molecule has 2 atom stereocenters. The smallest absolute Gasteiger partial charge is 0.0794 e. The van der Waals surface area contributed by atoms with E-state index in [9.17, 15) is 0 Å². The van der Waals surface area contributed by atoms with E-state index in [1.165, 1.54) is 24.3 Å². The number of likely N-dealkylation sites (tertiary alicyclic amines) is 1. The van der Waals surface area contributed by atoms with Crippen molar-refractivity contribution in [3.8, 4) is 0 Å². The molecule has 1 aliphatic rings. The van der Waals surface area contributed by atoms with Crippen LogP contribution < -0.4 is 5.73 Å². The van der Waals surface area contributed by atoms with Gasteiger partial charge in [0, 0.05) is 30.2 Å². The van der Waals surface area contributed by atoms with Gasteiger partial charge in [-0.25, -0.2) is 0 Å². The van der Waals surface area contributed by atoms with Gasteiger partial charge in [-0.2, -0.15) is 0 Å². The van der Waals surface area contributed by atoms with Gasteiger partial charge in [-0.3, -0.25) is 9.88 Å². The molecule has 1 fully saturated rings. The lowest BCUT2D eigenvalue weighted by Gasteiger charge is -2.39. The van der Waals surface area contributed by atoms with Crippen LogP contribution in [-0.4, -0.2) is 29.0 Å². The molecule has 2 rings (SSSR count). The number of thiazole rings is 1. The molecule has 0 amide bonds. The maximum atomic E-state index is 5.86. The SMILES string of the molecule is CC1CCCN(Cc2cncs2)C1CN.Cl. The minimum atomic E-state index is 0. The van der Waals surface area contributed by atoms with E-state index in [0.29, 0.717) is 6.04 Å². The Labute approximate surface area is 107 Å². The number of aromatic nitrogens is 1. The van der Waals surface area contributed by atoms with Gasteiger partial charge < -0.3 is 5.73 Å². The Morgan fingerprint density at radius 3 is 3.06 bits per heavy atom. The zero-order chi connectivity index (χ0) is 10.7. The molecule has 1 aliphatic heterocycles. The van der Waals surface area contributed by atoms with Crippen LogP contribution in [0.4, 0.5) is 0 Å². The van der Waals surface area contributed by atoms with E-state index in [0.717, 1.165) is 19.0 Å². The first-order valence-electron chi connectivity index (χ1n) is 5.62. The quantitative estimate of drug-likeness (QED) is 0.906. The molecular formula is C11H20ClN3S. The number of hydrogen-bond donors (Lipinski definition) is 1. The highest BCUT2D eigenvalue weighted by molar-refractivity contribution is 7.09. The summed E-state index contributed by atoms with van der Waals surface area (Å²) in [5, 5.41) is 0. The number of hydrogen-bond acceptors (Lipinski definition) is 4. The van der Waals surface area contributed by atoms with E-state index < -0.39 is 0 Å². The molecule has 0 spiro atoms. The van der Waals surface area contributed by atoms with Crippen molar-refractivity contribution >= 4 is 23.7 Å². The Bertz CT molecular complexity index is 291. The molecule has 0 aromatic carbocycles. The number of halogens is 1. The zero-order valence-corrected chi connectivity index (χ0v) is 11.3. The van der Waals surface area contributed by atoms with Crippen molar-refractivity contribution in [3.05, 3.63) is 16.6 Å². The minimum absolute atomic E-state index is 0. The third-order valence-electron chi connectivity index (χ3n) is 3.31. The Morgan fingerprint density at radius 1 is 1.62 bits per heavy atom. The first kappa shape index (κ1) is 13.9. The summed E-state index contributed by atoms with van der Waals surface area (Å²) in [6.07, 6.45) is 4.59. The minimum Gasteiger partial charge on any atom is -0.329 e. The summed E-state index contributed by atoms with van der Waals surface area (Å²) in [4.78, 5) is 7.98. The number of piperidine rings is 1. The Kier molecular flexibility index (Phi) is 5.69. The fourth-order valence-corrected chi connectivity index (χ4v) is 3.05. The van der Waals surface area contributed by atoms with Crippen LogP contribution in [0.1, 0.15) is 24.6 Å². The summed E-state index contributed by atoms with van der Waals surface area (Å²) >= 11 is 1.74. The first-order valence-corrected chi connectivity index (χ1v) is 6.50. The maximum absolute atomic E-state index is 5.86. The summed E-state index contributed by atoms with van der Waals surface area (Å²) in [5.74, 6) is 0.733. The molecule has 0 aliphatic carbocycles. The first-order chi connectivity index (χ1) is 7.31. The molecule has 1 saturated heterocycles. The third-order valence-corrected chi connectivity index (χ3v) is 4.08. The van der Waals surface area contributed by atoms with Gasteiger partial charge in [0.15, 0.2) is 0 Å². The largest absolute Gasteiger partial charge is 0.329 e. The molecule has 2 heterocycles. The van der Waals surface area contributed by atoms with Crippen molar-refractivity contribution < 1.29 is 0 Å². The van der Waals surface area contributed by atoms with E-state index in [2.05, 4.69) is 16.8 Å². The molecule has 0 bridgehead atoms. The van der Waals surface area contributed by atoms with Crippen molar-refractivity contribution in [1.82, 2.24) is 9.88 Å². The van der Waals surface area contributed by atoms with Gasteiger partial charge in [0.05, 0.1) is 5.51 Å². The van der Waals surface area contributed by atoms with Crippen molar-refractivity contribution in [3.63, 3.8) is 0 Å². The fraction of sp³-hybridized carbons (Fsp3) is 0.727. The topological polar surface area (TPSA) is 42.2 Å². The van der Waals surface area contributed by atoms with E-state index in [1.54, 1.807) is 11.3 Å². The van der Waals surface area contributed by atoms with Crippen LogP contribution in [-0.2, 0) is 6.54 Å². The van der Waals surface area contributed by atoms with Crippen LogP contribution in [0.2, 0.25) is 0 Å². The highest BCUT2D eigenvalue weighted by atomic mass is 35.5. The van der Waals surface area contributed by atoms with E-state index >= 15 is 0 Å². The van der Waals surface area contributed by atoms with E-state index in [-0.39, 0.29) is 12.4 Å². The van der Waals surface area contributed by atoms with Gasteiger partial charge >= 0.3 is 0 Å². The summed E-state index contributed by atoms with van der Waals surface area (Å²) in [5.41, 5.74) is 7.76. The molecule has 0 saturated carbocycles. The predicted octanol–water partition coefficient (Wildman–Crippen LogP) is 2.12. The van der Waals surface area contributed by atoms with Crippen molar-refractivity contribution in [2.75, 3.05) is 13.1 Å². The van der Waals surface area contributed by atoms with Crippen LogP contribution in [0.5, 0.6) is 0 Å². The molecular weight excluding hydrogens is 242 g/mol. The average molecular weight is 262 g/mol. The highest BCUT2D eigenvalue weighted by Gasteiger charge is 2.27. The molecule has 2 unspecified atom stereocenters. The summed E-state index contributed by atoms with van der Waals surface area (Å²) in [6.45, 7) is 5.30. The summed E-state index contributed by atoms with van der Waals surface area (Å²) < 4.78 is 0. The predicted molar refractivity (Wildman–Crippen MR) is 71.0 cm³/mol. The number of nitrogens with two attached hydrogens (primary N) is 1. The lowest BCUT2D eigenvalue weighted by molar-refractivity contribution is 0.100. The monoisotopic (exact) mass is 261 g/mol. The van der Waals surface area contributed by atoms with Crippen LogP contribution in [0.3, 0.4) is 0 Å². The van der Waals surface area contributed by atoms with E-state index in [1.807, 2.05) is 11.7 Å². The average Bonchev–Trinajstić information content (AvgIpc) is 2.71. The normalized spacial score (nSPS) is 26.4. The summed E-state index contributed by atoms with van der Waals surface area (Å²) in [6, 6.07) is 0.556. The molecule has 5 heteroatoms. The number of rotatable bonds is 3. The summed E-state index contributed by atoms with van der Waals surface area (Å²) in [7, 11) is 0. The van der Waals surface area contributed by atoms with Crippen molar-refractivity contribution in [2.24, 2.45) is 11.7 Å². The molecule has 3 nitrogen and oxygen atoms in total. The third kappa shape index (κ3) is 3.17. The molecule has 16 heavy (non-hydrogen) atoms. The standard InChI is InChI=1S/C11H19N3S.ClH/c1-9-3-2-4-14(11(9)5-12)7-10-6-13-8-15-10;/h6,8-9,11H,2-5,7,12H2,1H3;1H. The lowest BCUT2D eigenvalue weighted by Crippen LogP contribution is -2.47. The Balaban J connectivity index is 0.00000128. The second-order valence-electron chi connectivity index (χ2n) is 4.36. The molecule has 92 valence electrons. The van der Waals surface area contributed by atoms with Gasteiger partial charge in [0.25, 0.3) is 0 Å². The molecule has 1 aromatic rings. The molecule has 1 aromatic heterocycles. The van der Waals surface area contributed by atoms with Crippen LogP contribution in [0, 0.1) is 5.92 Å². The van der Waals surface area contributed by atoms with Crippen molar-refractivity contribution in [1.29, 1.82) is 0 Å². The molecule has 2 N–H and O–H groups in total. The van der Waals surface area contributed by atoms with Gasteiger partial charge in [0.1, 0.15) is 0 Å². The molecule has 0 radical (unpaired) electrons. The second kappa shape index (κ2) is 6.55. The van der Waals surface area contributed by atoms with Gasteiger partial charge in [-0.05, 0) is 25.3 Å². The van der Waals surface area contributed by atoms with Crippen LogP contribution in [0.15, 0.2) is 11.7 Å².